The van der Waals surface area contributed by atoms with Gasteiger partial charge in [-0.05, 0) is 48.5 Å². The zero-order chi connectivity index (χ0) is 26.8. The predicted octanol–water partition coefficient (Wildman–Crippen LogP) is 3.42. The molecule has 1 aliphatic rings. The van der Waals surface area contributed by atoms with Crippen LogP contribution in [0.5, 0.6) is 5.75 Å². The van der Waals surface area contributed by atoms with Crippen LogP contribution in [0.25, 0.3) is 11.4 Å². The number of hydrogen-bond donors (Lipinski definition) is 3. The summed E-state index contributed by atoms with van der Waals surface area (Å²) >= 11 is 0. The molecule has 1 aliphatic heterocycles. The van der Waals surface area contributed by atoms with Gasteiger partial charge in [-0.15, -0.1) is 0 Å². The second kappa shape index (κ2) is 10.1. The Bertz CT molecular complexity index is 1470. The Kier molecular flexibility index (Phi) is 7.11. The van der Waals surface area contributed by atoms with Gasteiger partial charge in [0.2, 0.25) is 11.7 Å². The van der Waals surface area contributed by atoms with Gasteiger partial charge in [0.1, 0.15) is 23.7 Å². The molecular formula is C25H26FN7O3S. The second-order valence-corrected chi connectivity index (χ2v) is 11.0. The molecule has 192 valence electrons. The molecule has 12 heteroatoms. The van der Waals surface area contributed by atoms with E-state index in [1.807, 2.05) is 0 Å². The van der Waals surface area contributed by atoms with Crippen LogP contribution in [-0.4, -0.2) is 56.2 Å². The maximum atomic E-state index is 15.0. The van der Waals surface area contributed by atoms with Crippen LogP contribution in [0.3, 0.4) is 0 Å². The van der Waals surface area contributed by atoms with Gasteiger partial charge in [-0.3, -0.25) is 10.5 Å². The molecular weight excluding hydrogens is 497 g/mol. The number of nitrogens with one attached hydrogen (secondary N) is 2. The van der Waals surface area contributed by atoms with Gasteiger partial charge < -0.3 is 15.0 Å². The molecule has 4 N–H and O–H groups in total. The van der Waals surface area contributed by atoms with Gasteiger partial charge in [-0.25, -0.2) is 23.3 Å². The van der Waals surface area contributed by atoms with Crippen LogP contribution >= 0.6 is 0 Å². The number of piperidine rings is 1. The van der Waals surface area contributed by atoms with Crippen molar-refractivity contribution in [1.82, 2.24) is 14.9 Å². The molecule has 0 aliphatic carbocycles. The lowest BCUT2D eigenvalue weighted by atomic mass is 9.99. The number of likely N-dealkylation sites (tertiary alicyclic amines) is 1. The summed E-state index contributed by atoms with van der Waals surface area (Å²) in [4.78, 5) is 22.1. The predicted molar refractivity (Wildman–Crippen MR) is 136 cm³/mol. The molecule has 4 rings (SSSR count). The number of amides is 1. The average molecular weight is 524 g/mol. The highest BCUT2D eigenvalue weighted by Crippen LogP contribution is 2.30. The second-order valence-electron chi connectivity index (χ2n) is 8.84. The van der Waals surface area contributed by atoms with Gasteiger partial charge >= 0.3 is 0 Å². The standard InChI is InChI=1S/C25H26FN7O3S/c1-16(34)33-12-10-22(25(26,28)15-33)36-21-8-3-17(13-18(21)14-27)24-30-11-9-23(32-24)31-19-4-6-20(7-5-19)37(2,29)35/h3-9,11,13,22,29H,10,12,15,28H2,1-2H3,(H,30,31,32)/t22-,25?,37?/m0/s1. The van der Waals surface area contributed by atoms with E-state index < -0.39 is 21.6 Å². The first-order chi connectivity index (χ1) is 17.5. The van der Waals surface area contributed by atoms with Crippen LogP contribution in [0, 0.1) is 16.1 Å². The van der Waals surface area contributed by atoms with Gasteiger partial charge in [-0.2, -0.15) is 5.26 Å². The zero-order valence-electron chi connectivity index (χ0n) is 20.3. The number of ether oxygens (including phenoxy) is 1. The summed E-state index contributed by atoms with van der Waals surface area (Å²) in [6, 6.07) is 15.1. The summed E-state index contributed by atoms with van der Waals surface area (Å²) in [7, 11) is -2.80. The van der Waals surface area contributed by atoms with Crippen LogP contribution in [-0.2, 0) is 14.5 Å². The summed E-state index contributed by atoms with van der Waals surface area (Å²) < 4.78 is 40.4. The lowest BCUT2D eigenvalue weighted by Crippen LogP contribution is -2.62. The number of aromatic nitrogens is 2. The molecule has 3 aromatic rings. The minimum absolute atomic E-state index is 0.165. The third-order valence-electron chi connectivity index (χ3n) is 5.93. The van der Waals surface area contributed by atoms with Crippen molar-refractivity contribution in [3.05, 3.63) is 60.3 Å². The van der Waals surface area contributed by atoms with Crippen LogP contribution in [0.2, 0.25) is 0 Å². The Morgan fingerprint density at radius 1 is 1.32 bits per heavy atom. The summed E-state index contributed by atoms with van der Waals surface area (Å²) in [6.45, 7) is 1.37. The molecule has 0 radical (unpaired) electrons. The smallest absolute Gasteiger partial charge is 0.219 e. The van der Waals surface area contributed by atoms with Crippen molar-refractivity contribution in [2.24, 2.45) is 5.73 Å². The summed E-state index contributed by atoms with van der Waals surface area (Å²) in [6.07, 6.45) is 2.09. The van der Waals surface area contributed by atoms with E-state index in [0.29, 0.717) is 34.3 Å². The Hall–Kier alpha value is -4.08. The highest BCUT2D eigenvalue weighted by atomic mass is 32.2. The van der Waals surface area contributed by atoms with Gasteiger partial charge in [0.05, 0.1) is 21.8 Å². The van der Waals surface area contributed by atoms with Crippen molar-refractivity contribution in [2.75, 3.05) is 24.7 Å². The van der Waals surface area contributed by atoms with E-state index in [1.165, 1.54) is 18.1 Å². The van der Waals surface area contributed by atoms with Crippen LogP contribution in [0.4, 0.5) is 15.9 Å². The monoisotopic (exact) mass is 523 g/mol. The SMILES string of the molecule is CC(=O)N1CC[C@H](Oc2ccc(-c3nccc(Nc4ccc(S(C)(=N)=O)cc4)n3)cc2C#N)C(N)(F)C1. The average Bonchev–Trinajstić information content (AvgIpc) is 2.85. The summed E-state index contributed by atoms with van der Waals surface area (Å²) in [5.74, 6) is -1.51. The quantitative estimate of drug-likeness (QED) is 0.415. The number of rotatable bonds is 6. The first-order valence-electron chi connectivity index (χ1n) is 11.3. The number of halogens is 1. The van der Waals surface area contributed by atoms with E-state index in [9.17, 15) is 14.3 Å². The van der Waals surface area contributed by atoms with E-state index in [4.69, 9.17) is 15.3 Å². The maximum Gasteiger partial charge on any atom is 0.219 e. The van der Waals surface area contributed by atoms with Gasteiger partial charge in [0.25, 0.3) is 0 Å². The molecule has 1 amide bonds. The Morgan fingerprint density at radius 2 is 2.05 bits per heavy atom. The topological polar surface area (TPSA) is 158 Å². The molecule has 37 heavy (non-hydrogen) atoms. The number of alkyl halides is 1. The Morgan fingerprint density at radius 3 is 2.68 bits per heavy atom. The van der Waals surface area contributed by atoms with Gasteiger partial charge in [0, 0.05) is 48.5 Å². The molecule has 0 saturated carbocycles. The van der Waals surface area contributed by atoms with Gasteiger partial charge in [-0.1, -0.05) is 0 Å². The van der Waals surface area contributed by atoms with Crippen molar-refractivity contribution in [1.29, 1.82) is 10.0 Å². The summed E-state index contributed by atoms with van der Waals surface area (Å²) in [5, 5.41) is 12.8. The van der Waals surface area contributed by atoms with Crippen LogP contribution in [0.15, 0.2) is 59.6 Å². The molecule has 1 saturated heterocycles. The van der Waals surface area contributed by atoms with Crippen molar-refractivity contribution < 1.29 is 18.1 Å². The molecule has 1 aromatic heterocycles. The van der Waals surface area contributed by atoms with E-state index >= 15 is 4.39 Å². The van der Waals surface area contributed by atoms with Crippen molar-refractivity contribution in [3.63, 3.8) is 0 Å². The number of nitrogens with two attached hydrogens (primary N) is 1. The molecule has 0 bridgehead atoms. The molecule has 0 spiro atoms. The third kappa shape index (κ3) is 6.02. The number of carbonyl (C=O) groups is 1. The fourth-order valence-electron chi connectivity index (χ4n) is 3.94. The van der Waals surface area contributed by atoms with Gasteiger partial charge in [0.15, 0.2) is 5.82 Å². The zero-order valence-corrected chi connectivity index (χ0v) is 21.1. The molecule has 2 heterocycles. The molecule has 10 nitrogen and oxygen atoms in total. The van der Waals surface area contributed by atoms with Crippen molar-refractivity contribution >= 4 is 27.1 Å². The molecule has 3 atom stereocenters. The fraction of sp³-hybridized carbons (Fsp3) is 0.280. The van der Waals surface area contributed by atoms with Crippen LogP contribution in [0.1, 0.15) is 18.9 Å². The Balaban J connectivity index is 1.52. The summed E-state index contributed by atoms with van der Waals surface area (Å²) in [5.41, 5.74) is 7.20. The van der Waals surface area contributed by atoms with E-state index in [-0.39, 0.29) is 30.2 Å². The molecule has 1 fully saturated rings. The maximum absolute atomic E-state index is 15.0. The van der Waals surface area contributed by atoms with Crippen LogP contribution < -0.4 is 15.8 Å². The number of anilines is 2. The third-order valence-corrected chi connectivity index (χ3v) is 7.11. The normalized spacial score (nSPS) is 20.9. The fourth-order valence-corrected chi connectivity index (χ4v) is 4.59. The van der Waals surface area contributed by atoms with Crippen molar-refractivity contribution in [3.8, 4) is 23.2 Å². The number of nitrogens with zero attached hydrogens (tertiary/aromatic N) is 4. The Labute approximate surface area is 214 Å². The minimum atomic E-state index is -2.80. The molecule has 2 aromatic carbocycles. The number of hydrogen-bond acceptors (Lipinski definition) is 9. The lowest BCUT2D eigenvalue weighted by Gasteiger charge is -2.40. The van der Waals surface area contributed by atoms with E-state index in [2.05, 4.69) is 21.4 Å². The lowest BCUT2D eigenvalue weighted by molar-refractivity contribution is -0.137. The highest BCUT2D eigenvalue weighted by Gasteiger charge is 2.43. The highest BCUT2D eigenvalue weighted by molar-refractivity contribution is 7.91. The van der Waals surface area contributed by atoms with Crippen molar-refractivity contribution in [2.45, 2.75) is 30.1 Å². The number of benzene rings is 2. The van der Waals surface area contributed by atoms with E-state index in [0.717, 1.165) is 0 Å². The largest absolute Gasteiger partial charge is 0.484 e. The minimum Gasteiger partial charge on any atom is -0.484 e. The first-order valence-corrected chi connectivity index (χ1v) is 13.3. The van der Waals surface area contributed by atoms with E-state index in [1.54, 1.807) is 54.7 Å². The number of carbonyl (C=O) groups excluding carboxylic acids is 1. The number of nitriles is 1. The molecule has 2 unspecified atom stereocenters. The first kappa shape index (κ1) is 26.0.